The number of ether oxygens (including phenoxy) is 1. The Kier molecular flexibility index (Phi) is 7.25. The maximum Gasteiger partial charge on any atom is 0.310 e. The van der Waals surface area contributed by atoms with E-state index in [4.69, 9.17) is 4.74 Å². The van der Waals surface area contributed by atoms with Gasteiger partial charge in [0.05, 0.1) is 24.8 Å². The molecule has 1 saturated heterocycles. The van der Waals surface area contributed by atoms with E-state index in [1.165, 1.54) is 0 Å². The number of carbonyl (C=O) groups excluding carboxylic acids is 2. The second-order valence-electron chi connectivity index (χ2n) is 5.98. The van der Waals surface area contributed by atoms with Crippen LogP contribution >= 0.6 is 31.9 Å². The second-order valence-corrected chi connectivity index (χ2v) is 7.69. The number of rotatable bonds is 5. The summed E-state index contributed by atoms with van der Waals surface area (Å²) in [5.74, 6) is -0.388. The lowest BCUT2D eigenvalue weighted by atomic mass is 9.98. The summed E-state index contributed by atoms with van der Waals surface area (Å²) in [5.41, 5.74) is 1.82. The van der Waals surface area contributed by atoms with Gasteiger partial charge in [0.2, 0.25) is 5.91 Å². The summed E-state index contributed by atoms with van der Waals surface area (Å²) >= 11 is 6.96. The van der Waals surface area contributed by atoms with E-state index in [1.807, 2.05) is 30.9 Å². The van der Waals surface area contributed by atoms with Crippen LogP contribution in [0.25, 0.3) is 0 Å². The fraction of sp³-hybridized carbons (Fsp3) is 0.529. The first-order chi connectivity index (χ1) is 11.4. The van der Waals surface area contributed by atoms with Crippen molar-refractivity contribution >= 4 is 49.4 Å². The van der Waals surface area contributed by atoms with Crippen LogP contribution in [0.3, 0.4) is 0 Å². The van der Waals surface area contributed by atoms with E-state index < -0.39 is 0 Å². The van der Waals surface area contributed by atoms with Gasteiger partial charge in [-0.05, 0) is 82.8 Å². The molecule has 0 bridgehead atoms. The maximum atomic E-state index is 12.4. The van der Waals surface area contributed by atoms with E-state index in [1.54, 1.807) is 0 Å². The Morgan fingerprint density at radius 1 is 1.33 bits per heavy atom. The van der Waals surface area contributed by atoms with E-state index in [2.05, 4.69) is 37.2 Å². The molecule has 0 aliphatic carbocycles. The summed E-state index contributed by atoms with van der Waals surface area (Å²) < 4.78 is 6.77. The number of halogens is 2. The van der Waals surface area contributed by atoms with Crippen molar-refractivity contribution in [2.45, 2.75) is 26.7 Å². The molecule has 1 aromatic carbocycles. The van der Waals surface area contributed by atoms with Crippen LogP contribution in [0, 0.1) is 12.8 Å². The molecular formula is C17H22Br2N2O3. The number of piperidine rings is 1. The van der Waals surface area contributed by atoms with E-state index in [0.29, 0.717) is 13.2 Å². The molecule has 1 aliphatic rings. The highest BCUT2D eigenvalue weighted by atomic mass is 79.9. The molecule has 0 spiro atoms. The average Bonchev–Trinajstić information content (AvgIpc) is 2.51. The highest BCUT2D eigenvalue weighted by Crippen LogP contribution is 2.32. The quantitative estimate of drug-likeness (QED) is 0.678. The Morgan fingerprint density at radius 3 is 2.62 bits per heavy atom. The highest BCUT2D eigenvalue weighted by molar-refractivity contribution is 9.11. The van der Waals surface area contributed by atoms with Gasteiger partial charge in [-0.1, -0.05) is 0 Å². The largest absolute Gasteiger partial charge is 0.466 e. The van der Waals surface area contributed by atoms with Crippen LogP contribution in [0.1, 0.15) is 25.3 Å². The molecule has 1 aliphatic heterocycles. The van der Waals surface area contributed by atoms with Gasteiger partial charge in [0.1, 0.15) is 0 Å². The number of hydrogen-bond donors (Lipinski definition) is 1. The topological polar surface area (TPSA) is 58.6 Å². The number of nitrogens with one attached hydrogen (secondary N) is 1. The maximum absolute atomic E-state index is 12.4. The predicted octanol–water partition coefficient (Wildman–Crippen LogP) is 3.73. The summed E-state index contributed by atoms with van der Waals surface area (Å²) in [4.78, 5) is 26.3. The summed E-state index contributed by atoms with van der Waals surface area (Å²) in [6.07, 6.45) is 1.72. The van der Waals surface area contributed by atoms with Crippen molar-refractivity contribution < 1.29 is 14.3 Å². The smallest absolute Gasteiger partial charge is 0.310 e. The minimum atomic E-state index is -0.161. The zero-order chi connectivity index (χ0) is 17.7. The van der Waals surface area contributed by atoms with Crippen LogP contribution in [0.15, 0.2) is 21.1 Å². The third kappa shape index (κ3) is 5.29. The molecular weight excluding hydrogens is 440 g/mol. The minimum Gasteiger partial charge on any atom is -0.466 e. The summed E-state index contributed by atoms with van der Waals surface area (Å²) in [5, 5.41) is 2.93. The molecule has 0 aromatic heterocycles. The standard InChI is InChI=1S/C17H22Br2N2O3/c1-3-24-17(23)12-5-4-6-21(9-12)10-15(22)20-16-13(18)7-11(2)8-14(16)19/h7-8,12H,3-6,9-10H2,1-2H3,(H,20,22). The number of anilines is 1. The van der Waals surface area contributed by atoms with Crippen LogP contribution in [0.4, 0.5) is 5.69 Å². The van der Waals surface area contributed by atoms with E-state index in [0.717, 1.165) is 39.6 Å². The lowest BCUT2D eigenvalue weighted by Crippen LogP contribution is -2.43. The van der Waals surface area contributed by atoms with Gasteiger partial charge in [-0.3, -0.25) is 14.5 Å². The van der Waals surface area contributed by atoms with Crippen molar-refractivity contribution in [2.24, 2.45) is 5.92 Å². The third-order valence-corrected chi connectivity index (χ3v) is 5.19. The third-order valence-electron chi connectivity index (χ3n) is 3.94. The van der Waals surface area contributed by atoms with E-state index in [-0.39, 0.29) is 24.3 Å². The molecule has 1 aromatic rings. The van der Waals surface area contributed by atoms with Gasteiger partial charge in [-0.15, -0.1) is 0 Å². The average molecular weight is 462 g/mol. The van der Waals surface area contributed by atoms with Crippen molar-refractivity contribution in [1.82, 2.24) is 4.90 Å². The SMILES string of the molecule is CCOC(=O)C1CCCN(CC(=O)Nc2c(Br)cc(C)cc2Br)C1. The molecule has 2 rings (SSSR count). The lowest BCUT2D eigenvalue weighted by Gasteiger charge is -2.30. The van der Waals surface area contributed by atoms with Crippen molar-refractivity contribution in [1.29, 1.82) is 0 Å². The molecule has 5 nitrogen and oxygen atoms in total. The van der Waals surface area contributed by atoms with Crippen molar-refractivity contribution in [3.8, 4) is 0 Å². The number of likely N-dealkylation sites (tertiary alicyclic amines) is 1. The molecule has 1 fully saturated rings. The number of esters is 1. The molecule has 24 heavy (non-hydrogen) atoms. The molecule has 132 valence electrons. The van der Waals surface area contributed by atoms with Crippen LogP contribution in [0.2, 0.25) is 0 Å². The Labute approximate surface area is 159 Å². The van der Waals surface area contributed by atoms with Crippen LogP contribution in [-0.2, 0) is 14.3 Å². The van der Waals surface area contributed by atoms with Crippen molar-refractivity contribution in [3.63, 3.8) is 0 Å². The Morgan fingerprint density at radius 2 is 2.00 bits per heavy atom. The molecule has 1 atom stereocenters. The van der Waals surface area contributed by atoms with E-state index in [9.17, 15) is 9.59 Å². The van der Waals surface area contributed by atoms with Gasteiger partial charge >= 0.3 is 5.97 Å². The number of nitrogens with zero attached hydrogens (tertiary/aromatic N) is 1. The van der Waals surface area contributed by atoms with Crippen molar-refractivity contribution in [3.05, 3.63) is 26.6 Å². The molecule has 1 unspecified atom stereocenters. The number of hydrogen-bond acceptors (Lipinski definition) is 4. The van der Waals surface area contributed by atoms with Gasteiger partial charge in [-0.2, -0.15) is 0 Å². The molecule has 1 N–H and O–H groups in total. The second kappa shape index (κ2) is 8.97. The van der Waals surface area contributed by atoms with Gasteiger partial charge < -0.3 is 10.1 Å². The van der Waals surface area contributed by atoms with E-state index >= 15 is 0 Å². The van der Waals surface area contributed by atoms with Gasteiger partial charge in [0.25, 0.3) is 0 Å². The molecule has 7 heteroatoms. The zero-order valence-corrected chi connectivity index (χ0v) is 17.1. The Bertz CT molecular complexity index is 599. The first-order valence-corrected chi connectivity index (χ1v) is 9.63. The molecule has 0 radical (unpaired) electrons. The highest BCUT2D eigenvalue weighted by Gasteiger charge is 2.27. The fourth-order valence-corrected chi connectivity index (χ4v) is 4.47. The lowest BCUT2D eigenvalue weighted by molar-refractivity contribution is -0.150. The van der Waals surface area contributed by atoms with Gasteiger partial charge in [-0.25, -0.2) is 0 Å². The summed E-state index contributed by atoms with van der Waals surface area (Å²) in [7, 11) is 0. The van der Waals surface area contributed by atoms with Gasteiger partial charge in [0, 0.05) is 15.5 Å². The van der Waals surface area contributed by atoms with Crippen LogP contribution in [-0.4, -0.2) is 43.0 Å². The number of carbonyl (C=O) groups is 2. The monoisotopic (exact) mass is 460 g/mol. The number of aryl methyl sites for hydroxylation is 1. The number of benzene rings is 1. The van der Waals surface area contributed by atoms with Crippen LogP contribution < -0.4 is 5.32 Å². The van der Waals surface area contributed by atoms with Gasteiger partial charge in [0.15, 0.2) is 0 Å². The summed E-state index contributed by atoms with van der Waals surface area (Å²) in [6, 6.07) is 3.91. The first kappa shape index (κ1) is 19.4. The normalized spacial score (nSPS) is 18.2. The first-order valence-electron chi connectivity index (χ1n) is 8.05. The summed E-state index contributed by atoms with van der Waals surface area (Å²) in [6.45, 7) is 5.85. The predicted molar refractivity (Wildman–Crippen MR) is 101 cm³/mol. The minimum absolute atomic E-state index is 0.0928. The number of amides is 1. The molecule has 0 saturated carbocycles. The van der Waals surface area contributed by atoms with Crippen molar-refractivity contribution in [2.75, 3.05) is 31.6 Å². The molecule has 1 heterocycles. The zero-order valence-electron chi connectivity index (χ0n) is 13.9. The van der Waals surface area contributed by atoms with Crippen LogP contribution in [0.5, 0.6) is 0 Å². The molecule has 1 amide bonds. The Hall–Kier alpha value is -0.920. The Balaban J connectivity index is 1.94. The fourth-order valence-electron chi connectivity index (χ4n) is 2.85.